The molecule has 2 aromatic heterocycles. The maximum atomic E-state index is 11.2. The van der Waals surface area contributed by atoms with Gasteiger partial charge in [-0.1, -0.05) is 5.16 Å². The Labute approximate surface area is 178 Å². The lowest BCUT2D eigenvalue weighted by Gasteiger charge is -2.11. The molecule has 0 spiro atoms. The number of pyridine rings is 1. The van der Waals surface area contributed by atoms with Gasteiger partial charge in [-0.15, -0.1) is 0 Å². The standard InChI is InChI=1S/C23H22N4O4/c1-12(2)30-15-5-8-19(24-11-15)23-26-22(27-31-23)14-4-7-18-17(9-14)16-6-3-13(10-20(28)29)21(16)25-18/h4-5,7-9,11-13,21H,3,6,10H2,1-2H3,(H,28,29). The predicted molar refractivity (Wildman–Crippen MR) is 112 cm³/mol. The van der Waals surface area contributed by atoms with Gasteiger partial charge < -0.3 is 14.4 Å². The molecule has 1 aliphatic heterocycles. The number of hydrogen-bond acceptors (Lipinski definition) is 7. The highest BCUT2D eigenvalue weighted by atomic mass is 16.5. The van der Waals surface area contributed by atoms with Crippen molar-refractivity contribution in [3.05, 3.63) is 47.1 Å². The van der Waals surface area contributed by atoms with Crippen molar-refractivity contribution in [2.75, 3.05) is 0 Å². The summed E-state index contributed by atoms with van der Waals surface area (Å²) in [5, 5.41) is 15.3. The van der Waals surface area contributed by atoms with Crippen LogP contribution in [-0.2, 0) is 4.79 Å². The van der Waals surface area contributed by atoms with Gasteiger partial charge in [0.2, 0.25) is 5.82 Å². The summed E-state index contributed by atoms with van der Waals surface area (Å²) in [4.78, 5) is 24.8. The van der Waals surface area contributed by atoms with Crippen LogP contribution in [0.5, 0.6) is 5.75 Å². The summed E-state index contributed by atoms with van der Waals surface area (Å²) in [5.41, 5.74) is 2.63. The SMILES string of the molecule is CC(C)Oc1ccc(-c2nc(-c3ccc4c(c3)=C3CCC(CC(=O)O)C3N=4)no2)nc1. The van der Waals surface area contributed by atoms with Gasteiger partial charge >= 0.3 is 5.97 Å². The molecule has 1 fully saturated rings. The van der Waals surface area contributed by atoms with Crippen LogP contribution in [-0.4, -0.2) is 38.3 Å². The number of carbonyl (C=O) groups is 1. The molecule has 8 nitrogen and oxygen atoms in total. The molecular weight excluding hydrogens is 396 g/mol. The first-order chi connectivity index (χ1) is 15.0. The summed E-state index contributed by atoms with van der Waals surface area (Å²) in [6.07, 6.45) is 3.59. The zero-order valence-corrected chi connectivity index (χ0v) is 17.3. The van der Waals surface area contributed by atoms with Crippen LogP contribution in [0, 0.1) is 5.92 Å². The number of rotatable bonds is 6. The van der Waals surface area contributed by atoms with Gasteiger partial charge in [-0.3, -0.25) is 9.79 Å². The minimum absolute atomic E-state index is 0.0297. The second kappa shape index (κ2) is 7.61. The lowest BCUT2D eigenvalue weighted by molar-refractivity contribution is -0.138. The van der Waals surface area contributed by atoms with Crippen LogP contribution in [0.2, 0.25) is 0 Å². The van der Waals surface area contributed by atoms with Crippen molar-refractivity contribution < 1.29 is 19.2 Å². The topological polar surface area (TPSA) is 111 Å². The van der Waals surface area contributed by atoms with Crippen molar-refractivity contribution in [2.24, 2.45) is 10.9 Å². The van der Waals surface area contributed by atoms with Gasteiger partial charge in [0.25, 0.3) is 5.89 Å². The number of ether oxygens (including phenoxy) is 1. The van der Waals surface area contributed by atoms with Crippen LogP contribution in [0.3, 0.4) is 0 Å². The van der Waals surface area contributed by atoms with Crippen LogP contribution in [0.25, 0.3) is 28.5 Å². The molecule has 0 saturated heterocycles. The molecule has 0 bridgehead atoms. The second-order valence-corrected chi connectivity index (χ2v) is 8.20. The Hall–Kier alpha value is -3.55. The van der Waals surface area contributed by atoms with Crippen LogP contribution in [0.4, 0.5) is 0 Å². The Balaban J connectivity index is 1.42. The van der Waals surface area contributed by atoms with E-state index in [1.807, 2.05) is 38.1 Å². The van der Waals surface area contributed by atoms with Gasteiger partial charge in [0.05, 0.1) is 30.1 Å². The summed E-state index contributed by atoms with van der Waals surface area (Å²) in [6, 6.07) is 9.47. The van der Waals surface area contributed by atoms with Gasteiger partial charge in [-0.25, -0.2) is 4.98 Å². The lowest BCUT2D eigenvalue weighted by Crippen LogP contribution is -2.22. The van der Waals surface area contributed by atoms with E-state index in [0.29, 0.717) is 23.2 Å². The summed E-state index contributed by atoms with van der Waals surface area (Å²) in [7, 11) is 0. The number of nitrogens with zero attached hydrogens (tertiary/aromatic N) is 4. The highest BCUT2D eigenvalue weighted by Gasteiger charge is 2.35. The van der Waals surface area contributed by atoms with E-state index in [2.05, 4.69) is 15.1 Å². The quantitative estimate of drug-likeness (QED) is 0.655. The first-order valence-electron chi connectivity index (χ1n) is 10.4. The van der Waals surface area contributed by atoms with E-state index in [1.54, 1.807) is 12.3 Å². The summed E-state index contributed by atoms with van der Waals surface area (Å²) < 4.78 is 11.0. The third kappa shape index (κ3) is 3.69. The average Bonchev–Trinajstić information content (AvgIpc) is 3.44. The maximum absolute atomic E-state index is 11.2. The Bertz CT molecular complexity index is 1260. The molecule has 2 aliphatic rings. The van der Waals surface area contributed by atoms with Gasteiger partial charge in [0, 0.05) is 10.8 Å². The van der Waals surface area contributed by atoms with Crippen molar-refractivity contribution in [1.82, 2.24) is 15.1 Å². The zero-order chi connectivity index (χ0) is 21.5. The molecule has 158 valence electrons. The van der Waals surface area contributed by atoms with Gasteiger partial charge in [-0.05, 0) is 68.5 Å². The van der Waals surface area contributed by atoms with E-state index < -0.39 is 5.97 Å². The number of aliphatic carboxylic acids is 1. The Morgan fingerprint density at radius 2 is 2.16 bits per heavy atom. The normalized spacial score (nSPS) is 19.3. The summed E-state index contributed by atoms with van der Waals surface area (Å²) >= 11 is 0. The number of fused-ring (bicyclic) bond motifs is 2. The average molecular weight is 418 g/mol. The Morgan fingerprint density at radius 3 is 2.90 bits per heavy atom. The van der Waals surface area contributed by atoms with Crippen LogP contribution >= 0.6 is 0 Å². The number of hydrogen-bond donors (Lipinski definition) is 1. The Kier molecular flexibility index (Phi) is 4.77. The fourth-order valence-corrected chi connectivity index (χ4v) is 4.33. The molecule has 0 amide bonds. The molecule has 1 saturated carbocycles. The third-order valence-corrected chi connectivity index (χ3v) is 5.66. The van der Waals surface area contributed by atoms with E-state index in [0.717, 1.165) is 29.0 Å². The molecule has 5 rings (SSSR count). The van der Waals surface area contributed by atoms with Gasteiger partial charge in [0.1, 0.15) is 11.4 Å². The molecule has 3 aromatic rings. The van der Waals surface area contributed by atoms with E-state index in [-0.39, 0.29) is 24.5 Å². The molecule has 2 unspecified atom stereocenters. The smallest absolute Gasteiger partial charge is 0.303 e. The molecule has 31 heavy (non-hydrogen) atoms. The minimum atomic E-state index is -0.769. The highest BCUT2D eigenvalue weighted by Crippen LogP contribution is 2.36. The first kappa shape index (κ1) is 19.4. The fourth-order valence-electron chi connectivity index (χ4n) is 4.33. The molecule has 3 heterocycles. The van der Waals surface area contributed by atoms with Crippen molar-refractivity contribution in [3.63, 3.8) is 0 Å². The van der Waals surface area contributed by atoms with Crippen molar-refractivity contribution in [3.8, 4) is 28.7 Å². The van der Waals surface area contributed by atoms with Gasteiger partial charge in [0.15, 0.2) is 0 Å². The summed E-state index contributed by atoms with van der Waals surface area (Å²) in [5.74, 6) is 0.796. The van der Waals surface area contributed by atoms with E-state index in [4.69, 9.17) is 19.4 Å². The maximum Gasteiger partial charge on any atom is 0.303 e. The summed E-state index contributed by atoms with van der Waals surface area (Å²) in [6.45, 7) is 3.92. The molecule has 2 atom stereocenters. The van der Waals surface area contributed by atoms with E-state index in [1.165, 1.54) is 5.57 Å². The molecular formula is C23H22N4O4. The third-order valence-electron chi connectivity index (χ3n) is 5.66. The molecule has 0 radical (unpaired) electrons. The van der Waals surface area contributed by atoms with Crippen molar-refractivity contribution in [2.45, 2.75) is 45.3 Å². The number of carboxylic acids is 1. The second-order valence-electron chi connectivity index (χ2n) is 8.20. The predicted octanol–water partition coefficient (Wildman–Crippen LogP) is 2.62. The van der Waals surface area contributed by atoms with Crippen molar-refractivity contribution in [1.29, 1.82) is 0 Å². The minimum Gasteiger partial charge on any atom is -0.489 e. The van der Waals surface area contributed by atoms with E-state index in [9.17, 15) is 4.79 Å². The van der Waals surface area contributed by atoms with Crippen LogP contribution in [0.1, 0.15) is 33.1 Å². The van der Waals surface area contributed by atoms with Crippen LogP contribution in [0.15, 0.2) is 46.0 Å². The number of aromatic nitrogens is 3. The van der Waals surface area contributed by atoms with Crippen molar-refractivity contribution >= 4 is 11.5 Å². The fraction of sp³-hybridized carbons (Fsp3) is 0.348. The van der Waals surface area contributed by atoms with E-state index >= 15 is 0 Å². The zero-order valence-electron chi connectivity index (χ0n) is 17.3. The molecule has 1 aliphatic carbocycles. The largest absolute Gasteiger partial charge is 0.489 e. The molecule has 8 heteroatoms. The monoisotopic (exact) mass is 418 g/mol. The number of benzene rings is 1. The van der Waals surface area contributed by atoms with Crippen LogP contribution < -0.4 is 15.3 Å². The molecule has 1 N–H and O–H groups in total. The Morgan fingerprint density at radius 1 is 1.29 bits per heavy atom. The highest BCUT2D eigenvalue weighted by molar-refractivity contribution is 5.69. The van der Waals surface area contributed by atoms with Gasteiger partial charge in [-0.2, -0.15) is 4.98 Å². The number of carboxylic acid groups (broad SMARTS) is 1. The first-order valence-corrected chi connectivity index (χ1v) is 10.4. The molecule has 1 aromatic carbocycles. The lowest BCUT2D eigenvalue weighted by atomic mass is 9.99.